The average molecular weight is 923 g/mol. The molecule has 0 bridgehead atoms. The number of aliphatic hydroxyl groups is 2. The Labute approximate surface area is 359 Å². The van der Waals surface area contributed by atoms with E-state index in [1.54, 1.807) is 13.8 Å². The molecule has 4 aromatic rings. The first-order valence-electron chi connectivity index (χ1n) is 18.6. The molecule has 340 valence electrons. The van der Waals surface area contributed by atoms with Crippen molar-refractivity contribution in [2.45, 2.75) is 36.7 Å². The zero-order valence-electron chi connectivity index (χ0n) is 33.8. The summed E-state index contributed by atoms with van der Waals surface area (Å²) >= 11 is 0. The predicted octanol–water partition coefficient (Wildman–Crippen LogP) is 1.86. The molecule has 0 fully saturated rings. The Morgan fingerprint density at radius 2 is 0.952 bits per heavy atom. The molecule has 0 unspecified atom stereocenters. The van der Waals surface area contributed by atoms with Gasteiger partial charge >= 0.3 is 18.0 Å². The van der Waals surface area contributed by atoms with Crippen molar-refractivity contribution in [2.24, 2.45) is 0 Å². The molecule has 0 heterocycles. The lowest BCUT2D eigenvalue weighted by Crippen LogP contribution is -2.44. The number of halogens is 3. The molecule has 4 aromatic carbocycles. The Hall–Kier alpha value is -6.51. The molecule has 0 saturated heterocycles. The van der Waals surface area contributed by atoms with Gasteiger partial charge in [0.25, 0.3) is 20.0 Å². The fourth-order valence-corrected chi connectivity index (χ4v) is 8.12. The fourth-order valence-electron chi connectivity index (χ4n) is 5.58. The zero-order chi connectivity index (χ0) is 46.5. The summed E-state index contributed by atoms with van der Waals surface area (Å²) in [5, 5.41) is 27.8. The van der Waals surface area contributed by atoms with Crippen LogP contribution in [0, 0.1) is 20.8 Å². The molecule has 0 aliphatic rings. The Kier molecular flexibility index (Phi) is 16.8. The summed E-state index contributed by atoms with van der Waals surface area (Å²) in [6, 6.07) is 14.5. The van der Waals surface area contributed by atoms with Gasteiger partial charge in [-0.15, -0.1) is 0 Å². The Morgan fingerprint density at radius 1 is 0.556 bits per heavy atom. The van der Waals surface area contributed by atoms with Crippen molar-refractivity contribution in [1.82, 2.24) is 21.5 Å². The van der Waals surface area contributed by atoms with Gasteiger partial charge in [-0.2, -0.15) is 13.2 Å². The number of carbonyl (C=O) groups is 4. The summed E-state index contributed by atoms with van der Waals surface area (Å²) in [5.41, 5.74) is 9.59. The third-order valence-electron chi connectivity index (χ3n) is 8.54. The van der Waals surface area contributed by atoms with Gasteiger partial charge in [-0.05, 0) is 110 Å². The van der Waals surface area contributed by atoms with Gasteiger partial charge in [-0.1, -0.05) is 0 Å². The summed E-state index contributed by atoms with van der Waals surface area (Å²) in [7, 11) is -8.92. The highest BCUT2D eigenvalue weighted by Crippen LogP contribution is 2.37. The van der Waals surface area contributed by atoms with Gasteiger partial charge in [0.05, 0.1) is 53.0 Å². The number of carbonyl (C=O) groups excluding carboxylic acids is 4. The number of hydrogen-bond donors (Lipinski definition) is 12. The molecule has 0 aliphatic heterocycles. The van der Waals surface area contributed by atoms with Crippen LogP contribution in [0.1, 0.15) is 22.3 Å². The number of alkyl halides is 3. The van der Waals surface area contributed by atoms with Crippen LogP contribution >= 0.6 is 0 Å². The number of hydrogen-bond acceptors (Lipinski definition) is 14. The fraction of sp³-hybridized carbons (Fsp3) is 0.263. The molecule has 0 radical (unpaired) electrons. The lowest BCUT2D eigenvalue weighted by molar-refractivity contribution is -0.139. The van der Waals surface area contributed by atoms with Crippen LogP contribution in [-0.4, -0.2) is 90.1 Å². The van der Waals surface area contributed by atoms with E-state index in [1.807, 2.05) is 0 Å². The summed E-state index contributed by atoms with van der Waals surface area (Å²) < 4.78 is 99.2. The highest BCUT2D eigenvalue weighted by Gasteiger charge is 2.38. The summed E-state index contributed by atoms with van der Waals surface area (Å²) in [6.45, 7) is 4.19. The first kappa shape index (κ1) is 49.1. The van der Waals surface area contributed by atoms with Crippen LogP contribution in [0.25, 0.3) is 0 Å². The molecule has 0 atom stereocenters. The lowest BCUT2D eigenvalue weighted by Gasteiger charge is -2.17. The molecule has 63 heavy (non-hydrogen) atoms. The molecular formula is C38H45F3N10O10S2. The van der Waals surface area contributed by atoms with E-state index >= 15 is 0 Å². The van der Waals surface area contributed by atoms with Gasteiger partial charge in [0, 0.05) is 35.8 Å². The van der Waals surface area contributed by atoms with Crippen molar-refractivity contribution in [3.05, 3.63) is 95.1 Å². The maximum Gasteiger partial charge on any atom is 0.417 e. The monoisotopic (exact) mass is 922 g/mol. The van der Waals surface area contributed by atoms with Crippen molar-refractivity contribution in [2.75, 3.05) is 70.3 Å². The quantitative estimate of drug-likeness (QED) is 0.0343. The molecule has 0 aromatic heterocycles. The highest BCUT2D eigenvalue weighted by molar-refractivity contribution is 7.93. The molecule has 20 nitrogen and oxygen atoms in total. The van der Waals surface area contributed by atoms with Crippen LogP contribution in [0.4, 0.5) is 47.3 Å². The van der Waals surface area contributed by atoms with Crippen LogP contribution in [-0.2, 0) is 45.4 Å². The van der Waals surface area contributed by atoms with E-state index in [9.17, 15) is 49.2 Å². The van der Waals surface area contributed by atoms with Gasteiger partial charge < -0.3 is 31.5 Å². The van der Waals surface area contributed by atoms with E-state index in [4.69, 9.17) is 10.2 Å². The number of aryl methyl sites for hydroxylation is 3. The summed E-state index contributed by atoms with van der Waals surface area (Å²) in [5.74, 6) is -3.43. The van der Waals surface area contributed by atoms with E-state index in [1.165, 1.54) is 61.5 Å². The van der Waals surface area contributed by atoms with Crippen molar-refractivity contribution in [1.29, 1.82) is 0 Å². The first-order chi connectivity index (χ1) is 29.6. The number of amides is 4. The van der Waals surface area contributed by atoms with Crippen LogP contribution < -0.4 is 52.4 Å². The number of sulfonamides is 2. The van der Waals surface area contributed by atoms with Crippen molar-refractivity contribution >= 4 is 77.8 Å². The second-order valence-electron chi connectivity index (χ2n) is 13.5. The average Bonchev–Trinajstić information content (AvgIpc) is 3.19. The number of hydrazine groups is 2. The molecule has 0 spiro atoms. The number of anilines is 6. The van der Waals surface area contributed by atoms with Gasteiger partial charge in [0.15, 0.2) is 0 Å². The topological polar surface area (TPSA) is 297 Å². The number of aliphatic hydroxyl groups excluding tert-OH is 2. The minimum Gasteiger partial charge on any atom is -0.395 e. The Bertz CT molecular complexity index is 2560. The standard InChI is InChI=1S/C38H45F3N10O10S2/c1-22-16-27(50-62(58,59)32-10-6-25(18-24(32)3)44-34(54)20-42-12-14-52)4-8-30(22)46-48-36(56)37(57)49-47-31-9-5-28(17-23(31)2)51-63(60,61)33-11-7-26(19-29(33)38(39,40)41)45-35(55)21-43-13-15-53/h4-11,16-19,42-43,46-47,50-53H,12-15,20-21H2,1-3H3,(H,44,54)(H,45,55)(H,48,56)(H,49,57). The first-order valence-corrected chi connectivity index (χ1v) is 21.5. The van der Waals surface area contributed by atoms with Crippen LogP contribution in [0.15, 0.2) is 82.6 Å². The molecular weight excluding hydrogens is 878 g/mol. The van der Waals surface area contributed by atoms with E-state index in [2.05, 4.69) is 52.4 Å². The smallest absolute Gasteiger partial charge is 0.395 e. The second kappa shape index (κ2) is 21.5. The van der Waals surface area contributed by atoms with Crippen LogP contribution in [0.3, 0.4) is 0 Å². The molecule has 4 amide bonds. The van der Waals surface area contributed by atoms with E-state index in [0.717, 1.165) is 6.07 Å². The van der Waals surface area contributed by atoms with Crippen molar-refractivity contribution in [3.8, 4) is 0 Å². The van der Waals surface area contributed by atoms with Crippen molar-refractivity contribution in [3.63, 3.8) is 0 Å². The normalized spacial score (nSPS) is 11.6. The Balaban J connectivity index is 1.31. The van der Waals surface area contributed by atoms with Crippen LogP contribution in [0.5, 0.6) is 0 Å². The van der Waals surface area contributed by atoms with Gasteiger partial charge in [-0.3, -0.25) is 50.3 Å². The molecule has 12 N–H and O–H groups in total. The van der Waals surface area contributed by atoms with Crippen molar-refractivity contribution < 1.29 is 59.4 Å². The minimum absolute atomic E-state index is 0.0442. The molecule has 4 rings (SSSR count). The SMILES string of the molecule is Cc1cc(NS(=O)(=O)c2ccc(NC(=O)CNCCO)cc2C)ccc1NNC(=O)C(=O)NNc1ccc(NS(=O)(=O)c2ccc(NC(=O)CNCCO)cc2C(F)(F)F)cc1C. The van der Waals surface area contributed by atoms with E-state index in [-0.39, 0.29) is 72.9 Å². The zero-order valence-corrected chi connectivity index (χ0v) is 35.4. The third kappa shape index (κ3) is 14.3. The van der Waals surface area contributed by atoms with Gasteiger partial charge in [-0.25, -0.2) is 16.8 Å². The van der Waals surface area contributed by atoms with E-state index < -0.39 is 54.4 Å². The third-order valence-corrected chi connectivity index (χ3v) is 11.5. The maximum absolute atomic E-state index is 14.0. The second-order valence-corrected chi connectivity index (χ2v) is 16.8. The summed E-state index contributed by atoms with van der Waals surface area (Å²) in [4.78, 5) is 48.0. The molecule has 0 aliphatic carbocycles. The molecule has 0 saturated carbocycles. The summed E-state index contributed by atoms with van der Waals surface area (Å²) in [6.07, 6.45) is -5.13. The Morgan fingerprint density at radius 3 is 1.37 bits per heavy atom. The number of nitrogens with one attached hydrogen (secondary N) is 10. The maximum atomic E-state index is 14.0. The minimum atomic E-state index is -5.13. The number of rotatable bonds is 20. The van der Waals surface area contributed by atoms with Gasteiger partial charge in [0.1, 0.15) is 0 Å². The van der Waals surface area contributed by atoms with Crippen LogP contribution in [0.2, 0.25) is 0 Å². The largest absolute Gasteiger partial charge is 0.417 e. The lowest BCUT2D eigenvalue weighted by atomic mass is 10.2. The van der Waals surface area contributed by atoms with E-state index in [0.29, 0.717) is 40.2 Å². The molecule has 25 heteroatoms. The number of benzene rings is 4. The van der Waals surface area contributed by atoms with Gasteiger partial charge in [0.2, 0.25) is 11.8 Å². The predicted molar refractivity (Wildman–Crippen MR) is 227 cm³/mol. The highest BCUT2D eigenvalue weighted by atomic mass is 32.2.